The van der Waals surface area contributed by atoms with Crippen LogP contribution in [0.2, 0.25) is 0 Å². The third-order valence-corrected chi connectivity index (χ3v) is 3.56. The lowest BCUT2D eigenvalue weighted by Crippen LogP contribution is -2.47. The molecule has 0 spiro atoms. The lowest BCUT2D eigenvalue weighted by atomic mass is 9.93. The number of rotatable bonds is 4. The first-order chi connectivity index (χ1) is 9.40. The van der Waals surface area contributed by atoms with Gasteiger partial charge in [0.25, 0.3) is 0 Å². The van der Waals surface area contributed by atoms with Gasteiger partial charge in [-0.2, -0.15) is 0 Å². The van der Waals surface area contributed by atoms with E-state index in [0.29, 0.717) is 6.54 Å². The van der Waals surface area contributed by atoms with Gasteiger partial charge >= 0.3 is 0 Å². The molecule has 1 rings (SSSR count). The van der Waals surface area contributed by atoms with Crippen LogP contribution in [0.4, 0.5) is 0 Å². The van der Waals surface area contributed by atoms with Crippen LogP contribution >= 0.6 is 0 Å². The van der Waals surface area contributed by atoms with Crippen molar-refractivity contribution in [2.24, 2.45) is 10.4 Å². The molecule has 0 unspecified atom stereocenters. The first-order valence-corrected chi connectivity index (χ1v) is 7.34. The highest BCUT2D eigenvalue weighted by atomic mass is 16.3. The normalized spacial score (nSPS) is 18.1. The zero-order valence-corrected chi connectivity index (χ0v) is 13.1. The maximum atomic E-state index is 11.8. The van der Waals surface area contributed by atoms with Crippen molar-refractivity contribution >= 4 is 11.9 Å². The number of nitrogens with zero attached hydrogens (tertiary/aromatic N) is 2. The third kappa shape index (κ3) is 4.67. The maximum Gasteiger partial charge on any atom is 0.227 e. The Labute approximate surface area is 121 Å². The van der Waals surface area contributed by atoms with Crippen molar-refractivity contribution < 1.29 is 9.90 Å². The summed E-state index contributed by atoms with van der Waals surface area (Å²) >= 11 is 0. The predicted octanol–water partition coefficient (Wildman–Crippen LogP) is 0.181. The highest BCUT2D eigenvalue weighted by molar-refractivity contribution is 5.83. The lowest BCUT2D eigenvalue weighted by molar-refractivity contribution is -0.128. The minimum atomic E-state index is -0.523. The summed E-state index contributed by atoms with van der Waals surface area (Å²) in [5.41, 5.74) is -0.523. The van der Waals surface area contributed by atoms with Crippen molar-refractivity contribution in [3.8, 4) is 0 Å². The number of guanidine groups is 1. The highest BCUT2D eigenvalue weighted by Gasteiger charge is 2.27. The van der Waals surface area contributed by atoms with Gasteiger partial charge in [0.2, 0.25) is 5.91 Å². The first-order valence-electron chi connectivity index (χ1n) is 7.34. The van der Waals surface area contributed by atoms with Crippen LogP contribution in [0.25, 0.3) is 0 Å². The van der Waals surface area contributed by atoms with E-state index < -0.39 is 5.41 Å². The summed E-state index contributed by atoms with van der Waals surface area (Å²) in [6.45, 7) is 8.63. The molecule has 0 radical (unpaired) electrons. The smallest absolute Gasteiger partial charge is 0.227 e. The van der Waals surface area contributed by atoms with Gasteiger partial charge in [-0.05, 0) is 33.6 Å². The highest BCUT2D eigenvalue weighted by Crippen LogP contribution is 2.16. The number of amides is 1. The van der Waals surface area contributed by atoms with E-state index in [1.165, 1.54) is 0 Å². The molecule has 1 aliphatic heterocycles. The van der Waals surface area contributed by atoms with Gasteiger partial charge in [0.1, 0.15) is 0 Å². The molecule has 20 heavy (non-hydrogen) atoms. The number of likely N-dealkylation sites (tertiary alicyclic amines) is 1. The molecule has 1 aliphatic rings. The van der Waals surface area contributed by atoms with Gasteiger partial charge in [-0.25, -0.2) is 0 Å². The molecule has 1 amide bonds. The number of hydrogen-bond donors (Lipinski definition) is 3. The Balaban J connectivity index is 2.70. The molecule has 0 aromatic rings. The number of carbonyl (C=O) groups excluding carboxylic acids is 1. The van der Waals surface area contributed by atoms with Crippen molar-refractivity contribution in [2.45, 2.75) is 39.7 Å². The fourth-order valence-electron chi connectivity index (χ4n) is 2.19. The van der Waals surface area contributed by atoms with E-state index in [-0.39, 0.29) is 12.0 Å². The molecule has 0 aliphatic carbocycles. The average Bonchev–Trinajstić information content (AvgIpc) is 2.43. The minimum Gasteiger partial charge on any atom is -0.393 e. The van der Waals surface area contributed by atoms with Gasteiger partial charge in [0, 0.05) is 26.7 Å². The van der Waals surface area contributed by atoms with Crippen LogP contribution in [0.1, 0.15) is 33.6 Å². The molecule has 6 heteroatoms. The summed E-state index contributed by atoms with van der Waals surface area (Å²) in [7, 11) is 1.64. The van der Waals surface area contributed by atoms with E-state index in [4.69, 9.17) is 0 Å². The largest absolute Gasteiger partial charge is 0.393 e. The van der Waals surface area contributed by atoms with E-state index in [1.54, 1.807) is 7.05 Å². The molecule has 0 bridgehead atoms. The minimum absolute atomic E-state index is 0.00818. The van der Waals surface area contributed by atoms with Gasteiger partial charge in [-0.3, -0.25) is 9.79 Å². The molecular weight excluding hydrogens is 256 g/mol. The van der Waals surface area contributed by atoms with Crippen LogP contribution in [0.15, 0.2) is 4.99 Å². The number of aliphatic hydroxyl groups is 1. The quantitative estimate of drug-likeness (QED) is 0.508. The summed E-state index contributed by atoms with van der Waals surface area (Å²) < 4.78 is 0. The summed E-state index contributed by atoms with van der Waals surface area (Å²) in [6, 6.07) is 0. The number of hydrogen-bond acceptors (Lipinski definition) is 3. The van der Waals surface area contributed by atoms with E-state index >= 15 is 0 Å². The fraction of sp³-hybridized carbons (Fsp3) is 0.857. The first kappa shape index (κ1) is 16.8. The Morgan fingerprint density at radius 3 is 2.50 bits per heavy atom. The van der Waals surface area contributed by atoms with Crippen molar-refractivity contribution in [1.29, 1.82) is 0 Å². The SMILES string of the molecule is CCNC(=NCC(C)(C)C(=O)NC)N1CCC(O)CC1. The van der Waals surface area contributed by atoms with Crippen LogP contribution in [-0.2, 0) is 4.79 Å². The predicted molar refractivity (Wildman–Crippen MR) is 80.6 cm³/mol. The fourth-order valence-corrected chi connectivity index (χ4v) is 2.19. The molecule has 1 fully saturated rings. The molecule has 6 nitrogen and oxygen atoms in total. The van der Waals surface area contributed by atoms with Crippen LogP contribution in [0, 0.1) is 5.41 Å². The number of carbonyl (C=O) groups is 1. The second-order valence-electron chi connectivity index (χ2n) is 5.85. The van der Waals surface area contributed by atoms with Crippen molar-refractivity contribution in [3.63, 3.8) is 0 Å². The third-order valence-electron chi connectivity index (χ3n) is 3.56. The van der Waals surface area contributed by atoms with Crippen molar-refractivity contribution in [2.75, 3.05) is 33.2 Å². The summed E-state index contributed by atoms with van der Waals surface area (Å²) in [5, 5.41) is 15.5. The van der Waals surface area contributed by atoms with Crippen molar-refractivity contribution in [1.82, 2.24) is 15.5 Å². The summed E-state index contributed by atoms with van der Waals surface area (Å²) in [4.78, 5) is 18.5. The summed E-state index contributed by atoms with van der Waals surface area (Å²) in [5.74, 6) is 0.822. The van der Waals surface area contributed by atoms with Crippen LogP contribution in [-0.4, -0.2) is 61.2 Å². The second kappa shape index (κ2) is 7.47. The topological polar surface area (TPSA) is 77.0 Å². The molecule has 0 aromatic heterocycles. The van der Waals surface area contributed by atoms with Crippen LogP contribution < -0.4 is 10.6 Å². The number of nitrogens with one attached hydrogen (secondary N) is 2. The van der Waals surface area contributed by atoms with Crippen LogP contribution in [0.3, 0.4) is 0 Å². The monoisotopic (exact) mass is 284 g/mol. The Hall–Kier alpha value is -1.30. The van der Waals surface area contributed by atoms with Gasteiger partial charge < -0.3 is 20.6 Å². The molecule has 116 valence electrons. The van der Waals surface area contributed by atoms with E-state index in [0.717, 1.165) is 38.4 Å². The van der Waals surface area contributed by atoms with Gasteiger partial charge in [0.15, 0.2) is 5.96 Å². The molecule has 0 atom stereocenters. The molecule has 0 saturated carbocycles. The number of aliphatic hydroxyl groups excluding tert-OH is 1. The lowest BCUT2D eigenvalue weighted by Gasteiger charge is -2.33. The van der Waals surface area contributed by atoms with E-state index in [9.17, 15) is 9.90 Å². The second-order valence-corrected chi connectivity index (χ2v) is 5.85. The Kier molecular flexibility index (Phi) is 6.26. The molecule has 0 aromatic carbocycles. The molecule has 3 N–H and O–H groups in total. The Morgan fingerprint density at radius 1 is 1.40 bits per heavy atom. The number of aliphatic imine (C=N–C) groups is 1. The van der Waals surface area contributed by atoms with Crippen molar-refractivity contribution in [3.05, 3.63) is 0 Å². The van der Waals surface area contributed by atoms with E-state index in [2.05, 4.69) is 20.5 Å². The standard InChI is InChI=1S/C14H28N4O2/c1-5-16-13(18-8-6-11(19)7-9-18)17-10-14(2,3)12(20)15-4/h11,19H,5-10H2,1-4H3,(H,15,20)(H,16,17). The van der Waals surface area contributed by atoms with E-state index in [1.807, 2.05) is 20.8 Å². The van der Waals surface area contributed by atoms with Crippen LogP contribution in [0.5, 0.6) is 0 Å². The zero-order valence-electron chi connectivity index (χ0n) is 13.1. The molecule has 1 saturated heterocycles. The van der Waals surface area contributed by atoms with Gasteiger partial charge in [-0.15, -0.1) is 0 Å². The number of piperidine rings is 1. The average molecular weight is 284 g/mol. The zero-order chi connectivity index (χ0) is 15.2. The van der Waals surface area contributed by atoms with Gasteiger partial charge in [-0.1, -0.05) is 0 Å². The van der Waals surface area contributed by atoms with Gasteiger partial charge in [0.05, 0.1) is 18.1 Å². The Morgan fingerprint density at radius 2 is 2.00 bits per heavy atom. The molecule has 1 heterocycles. The Bertz CT molecular complexity index is 347. The molecular formula is C14H28N4O2. The summed E-state index contributed by atoms with van der Waals surface area (Å²) in [6.07, 6.45) is 1.34. The maximum absolute atomic E-state index is 11.8.